The fourth-order valence-electron chi connectivity index (χ4n) is 9.36. The minimum absolute atomic E-state index is 0.906. The van der Waals surface area contributed by atoms with Crippen molar-refractivity contribution in [3.8, 4) is 33.4 Å². The molecule has 0 unspecified atom stereocenters. The van der Waals surface area contributed by atoms with Crippen molar-refractivity contribution in [2.75, 3.05) is 0 Å². The highest BCUT2D eigenvalue weighted by atomic mass is 16.3. The number of rotatable bonds is 6. The number of hydrogen-bond donors (Lipinski definition) is 0. The smallest absolute Gasteiger partial charge is 0.143 e. The molecule has 0 aliphatic heterocycles. The van der Waals surface area contributed by atoms with Crippen molar-refractivity contribution >= 4 is 71.1 Å². The van der Waals surface area contributed by atoms with E-state index < -0.39 is 0 Å². The first-order valence-electron chi connectivity index (χ1n) is 22.5. The molecule has 1 nitrogen and oxygen atoms in total. The fraction of sp³-hybridized carbons (Fsp3) is 0.0625. The summed E-state index contributed by atoms with van der Waals surface area (Å²) in [5.41, 5.74) is 12.8. The van der Waals surface area contributed by atoms with Crippen molar-refractivity contribution in [1.29, 1.82) is 0 Å². The van der Waals surface area contributed by atoms with Crippen molar-refractivity contribution in [2.45, 2.75) is 27.2 Å². The molecule has 1 heteroatoms. The third-order valence-electron chi connectivity index (χ3n) is 12.2. The van der Waals surface area contributed by atoms with Crippen molar-refractivity contribution in [3.63, 3.8) is 0 Å². The molecule has 9 aromatic carbocycles. The van der Waals surface area contributed by atoms with Crippen LogP contribution in [0.2, 0.25) is 0 Å². The highest BCUT2D eigenvalue weighted by Crippen LogP contribution is 2.46. The van der Waals surface area contributed by atoms with E-state index in [1.165, 1.54) is 87.4 Å². The van der Waals surface area contributed by atoms with E-state index in [1.54, 1.807) is 6.08 Å². The van der Waals surface area contributed by atoms with Gasteiger partial charge in [0, 0.05) is 16.2 Å². The van der Waals surface area contributed by atoms with Crippen molar-refractivity contribution in [3.05, 3.63) is 248 Å². The molecule has 0 fully saturated rings. The Morgan fingerprint density at radius 2 is 1.08 bits per heavy atom. The zero-order valence-electron chi connectivity index (χ0n) is 37.4. The SMILES string of the molecule is C1=CCc2c(c3c4ccc(-c5cccc(-c6c7ccccc7c(-c7ccc8ccccc8c7)c7ccccc67)c5)cc4oc3c3ccccc23)C=C1.C=C(/C=C\C)/C=C\C.C=C/C=C\C. The highest BCUT2D eigenvalue weighted by molar-refractivity contribution is 6.22. The third kappa shape index (κ3) is 8.33. The van der Waals surface area contributed by atoms with Crippen molar-refractivity contribution < 1.29 is 4.42 Å². The minimum Gasteiger partial charge on any atom is -0.455 e. The van der Waals surface area contributed by atoms with Crippen LogP contribution in [0.5, 0.6) is 0 Å². The summed E-state index contributed by atoms with van der Waals surface area (Å²) in [5, 5.41) is 12.3. The molecule has 1 aromatic heterocycles. The lowest BCUT2D eigenvalue weighted by Crippen LogP contribution is -1.91. The summed E-state index contributed by atoms with van der Waals surface area (Å²) in [6, 6.07) is 57.7. The quantitative estimate of drug-likeness (QED) is 0.120. The Balaban J connectivity index is 0.000000362. The second-order valence-electron chi connectivity index (χ2n) is 16.3. The van der Waals surface area contributed by atoms with Gasteiger partial charge >= 0.3 is 0 Å². The standard InChI is InChI=1S/C51H32O.C8H12.C5H8/c1-2-17-38-39-18-6-11-24-45(39)51-50(40(38)19-3-1)46-28-27-35(31-47(46)52-51)34-15-12-16-36(30-34)48-41-20-7-9-22-43(41)49(44-23-10-8-21-42(44)48)37-26-25-32-13-4-5-14-33(32)29-37;1-4-6-8(3)7-5-2;1-3-5-4-2/h1-16,18-31H,17H2;4-7H,3H2,1-2H3;3-5H,1H2,2H3/b;6-4-,7-5-;5-4-. The first kappa shape index (κ1) is 42.3. The average Bonchev–Trinajstić information content (AvgIpc) is 3.56. The maximum Gasteiger partial charge on any atom is 0.143 e. The molecule has 1 aliphatic rings. The van der Waals surface area contributed by atoms with Gasteiger partial charge in [0.15, 0.2) is 0 Å². The van der Waals surface area contributed by atoms with Crippen molar-refractivity contribution in [1.82, 2.24) is 0 Å². The van der Waals surface area contributed by atoms with Crippen LogP contribution in [0.4, 0.5) is 0 Å². The molecule has 11 rings (SSSR count). The van der Waals surface area contributed by atoms with E-state index in [0.717, 1.165) is 34.1 Å². The van der Waals surface area contributed by atoms with Crippen LogP contribution < -0.4 is 0 Å². The molecule has 10 aromatic rings. The van der Waals surface area contributed by atoms with Crippen LogP contribution in [0.15, 0.2) is 242 Å². The summed E-state index contributed by atoms with van der Waals surface area (Å²) < 4.78 is 6.79. The van der Waals surface area contributed by atoms with Crippen LogP contribution in [0.3, 0.4) is 0 Å². The van der Waals surface area contributed by atoms with Crippen LogP contribution in [0.1, 0.15) is 31.9 Å². The molecule has 65 heavy (non-hydrogen) atoms. The fourth-order valence-corrected chi connectivity index (χ4v) is 9.36. The molecule has 0 bridgehead atoms. The van der Waals surface area contributed by atoms with Crippen LogP contribution in [-0.2, 0) is 6.42 Å². The predicted octanol–water partition coefficient (Wildman–Crippen LogP) is 18.8. The van der Waals surface area contributed by atoms with Crippen LogP contribution in [-0.4, -0.2) is 0 Å². The second-order valence-corrected chi connectivity index (χ2v) is 16.3. The Labute approximate surface area is 382 Å². The molecular weight excluding hydrogens is 785 g/mol. The summed E-state index contributed by atoms with van der Waals surface area (Å²) in [6.45, 7) is 13.1. The molecule has 0 saturated heterocycles. The normalized spacial score (nSPS) is 12.3. The van der Waals surface area contributed by atoms with Crippen LogP contribution in [0.25, 0.3) is 104 Å². The van der Waals surface area contributed by atoms with E-state index in [4.69, 9.17) is 4.42 Å². The van der Waals surface area contributed by atoms with Crippen LogP contribution in [0, 0.1) is 0 Å². The average molecular weight is 837 g/mol. The summed E-state index contributed by atoms with van der Waals surface area (Å²) in [6.07, 6.45) is 23.2. The molecule has 1 aliphatic carbocycles. The van der Waals surface area contributed by atoms with E-state index in [9.17, 15) is 0 Å². The van der Waals surface area contributed by atoms with Gasteiger partial charge in [-0.3, -0.25) is 0 Å². The van der Waals surface area contributed by atoms with Gasteiger partial charge in [0.2, 0.25) is 0 Å². The largest absolute Gasteiger partial charge is 0.455 e. The Kier molecular flexibility index (Phi) is 12.5. The first-order valence-corrected chi connectivity index (χ1v) is 22.5. The molecule has 0 atom stereocenters. The van der Waals surface area contributed by atoms with E-state index in [0.29, 0.717) is 0 Å². The van der Waals surface area contributed by atoms with Gasteiger partial charge < -0.3 is 4.42 Å². The molecule has 0 spiro atoms. The topological polar surface area (TPSA) is 13.1 Å². The summed E-state index contributed by atoms with van der Waals surface area (Å²) in [5.74, 6) is 0. The monoisotopic (exact) mass is 836 g/mol. The predicted molar refractivity (Wildman–Crippen MR) is 286 cm³/mol. The molecule has 0 amide bonds. The van der Waals surface area contributed by atoms with Gasteiger partial charge in [-0.15, -0.1) is 0 Å². The van der Waals surface area contributed by atoms with Gasteiger partial charge in [-0.1, -0.05) is 213 Å². The Hall–Kier alpha value is -8.00. The van der Waals surface area contributed by atoms with Gasteiger partial charge in [0.1, 0.15) is 11.2 Å². The molecule has 314 valence electrons. The Morgan fingerprint density at radius 1 is 0.508 bits per heavy atom. The maximum atomic E-state index is 6.79. The van der Waals surface area contributed by atoms with Gasteiger partial charge in [-0.25, -0.2) is 0 Å². The first-order chi connectivity index (χ1) is 32.0. The lowest BCUT2D eigenvalue weighted by Gasteiger charge is -2.18. The van der Waals surface area contributed by atoms with E-state index >= 15 is 0 Å². The van der Waals surface area contributed by atoms with Gasteiger partial charge in [-0.2, -0.15) is 0 Å². The zero-order chi connectivity index (χ0) is 44.7. The molecule has 0 radical (unpaired) electrons. The highest BCUT2D eigenvalue weighted by Gasteiger charge is 2.20. The number of hydrogen-bond acceptors (Lipinski definition) is 1. The van der Waals surface area contributed by atoms with Gasteiger partial charge in [-0.05, 0) is 139 Å². The third-order valence-corrected chi connectivity index (χ3v) is 12.2. The number of furan rings is 1. The maximum absolute atomic E-state index is 6.79. The zero-order valence-corrected chi connectivity index (χ0v) is 37.4. The summed E-state index contributed by atoms with van der Waals surface area (Å²) in [7, 11) is 0. The number of fused-ring (bicyclic) bond motifs is 11. The Morgan fingerprint density at radius 3 is 1.71 bits per heavy atom. The van der Waals surface area contributed by atoms with E-state index in [1.807, 2.05) is 57.2 Å². The van der Waals surface area contributed by atoms with Crippen LogP contribution >= 0.6 is 0 Å². The van der Waals surface area contributed by atoms with Crippen molar-refractivity contribution in [2.24, 2.45) is 0 Å². The molecule has 1 heterocycles. The number of allylic oxidation sites excluding steroid dienone is 11. The summed E-state index contributed by atoms with van der Waals surface area (Å²) in [4.78, 5) is 0. The van der Waals surface area contributed by atoms with Gasteiger partial charge in [0.25, 0.3) is 0 Å². The van der Waals surface area contributed by atoms with E-state index in [2.05, 4.69) is 195 Å². The molecular formula is C64H52O. The summed E-state index contributed by atoms with van der Waals surface area (Å²) >= 11 is 0. The lowest BCUT2D eigenvalue weighted by molar-refractivity contribution is 0.672. The molecule has 0 saturated carbocycles. The second kappa shape index (κ2) is 19.2. The molecule has 0 N–H and O–H groups in total. The van der Waals surface area contributed by atoms with E-state index in [-0.39, 0.29) is 0 Å². The lowest BCUT2D eigenvalue weighted by atomic mass is 9.85. The minimum atomic E-state index is 0.906. The van der Waals surface area contributed by atoms with Gasteiger partial charge in [0.05, 0.1) is 0 Å². The number of benzene rings is 9. The Bertz CT molecular complexity index is 3510.